The topological polar surface area (TPSA) is 82.1 Å². The Hall–Kier alpha value is -1.50. The van der Waals surface area contributed by atoms with Gasteiger partial charge in [-0.15, -0.1) is 11.6 Å². The normalized spacial score (nSPS) is 28.0. The van der Waals surface area contributed by atoms with Gasteiger partial charge in [-0.25, -0.2) is 9.59 Å². The predicted molar refractivity (Wildman–Crippen MR) is 99.4 cm³/mol. The van der Waals surface area contributed by atoms with Gasteiger partial charge in [0.1, 0.15) is 23.3 Å². The molecule has 2 rings (SSSR count). The Balaban J connectivity index is 2.32. The highest BCUT2D eigenvalue weighted by Gasteiger charge is 2.59. The number of halogens is 1. The lowest BCUT2D eigenvalue weighted by Crippen LogP contribution is -2.51. The lowest BCUT2D eigenvalue weighted by atomic mass is 9.96. The minimum absolute atomic E-state index is 0.176. The third-order valence-electron chi connectivity index (χ3n) is 4.40. The van der Waals surface area contributed by atoms with Gasteiger partial charge in [-0.2, -0.15) is 0 Å². The number of hydrogen-bond acceptors (Lipinski definition) is 6. The fraction of sp³-hybridized carbons (Fsp3) is 0.842. The van der Waals surface area contributed by atoms with E-state index in [-0.39, 0.29) is 12.4 Å². The lowest BCUT2D eigenvalue weighted by molar-refractivity contribution is -0.161. The smallest absolute Gasteiger partial charge is 0.411 e. The predicted octanol–water partition coefficient (Wildman–Crippen LogP) is 3.27. The molecule has 2 fully saturated rings. The van der Waals surface area contributed by atoms with E-state index in [1.165, 1.54) is 4.90 Å². The molecular weight excluding hydrogens is 374 g/mol. The van der Waals surface area contributed by atoms with Gasteiger partial charge in [0.05, 0.1) is 12.0 Å². The first kappa shape index (κ1) is 21.8. The second kappa shape index (κ2) is 7.86. The minimum Gasteiger partial charge on any atom is -0.460 e. The van der Waals surface area contributed by atoms with Crippen molar-refractivity contribution in [1.29, 1.82) is 0 Å². The molecule has 0 radical (unpaired) electrons. The van der Waals surface area contributed by atoms with Crippen LogP contribution in [0.3, 0.4) is 0 Å². The van der Waals surface area contributed by atoms with E-state index in [0.29, 0.717) is 18.7 Å². The summed E-state index contributed by atoms with van der Waals surface area (Å²) < 4.78 is 16.5. The molecule has 0 spiro atoms. The quantitative estimate of drug-likeness (QED) is 0.407. The Morgan fingerprint density at radius 1 is 1.15 bits per heavy atom. The summed E-state index contributed by atoms with van der Waals surface area (Å²) in [6, 6.07) is -1.42. The Morgan fingerprint density at radius 3 is 2.26 bits per heavy atom. The van der Waals surface area contributed by atoms with Gasteiger partial charge < -0.3 is 14.2 Å². The molecule has 8 heteroatoms. The molecule has 0 aromatic rings. The fourth-order valence-corrected chi connectivity index (χ4v) is 3.68. The highest BCUT2D eigenvalue weighted by Crippen LogP contribution is 2.41. The number of alkyl halides is 1. The van der Waals surface area contributed by atoms with Crippen molar-refractivity contribution in [2.24, 2.45) is 5.92 Å². The van der Waals surface area contributed by atoms with Crippen molar-refractivity contribution in [3.05, 3.63) is 0 Å². The van der Waals surface area contributed by atoms with Crippen LogP contribution in [0.5, 0.6) is 0 Å². The number of carbonyl (C=O) groups is 3. The molecule has 0 saturated carbocycles. The Kier molecular flexibility index (Phi) is 6.34. The molecule has 2 aliphatic rings. The second-order valence-electron chi connectivity index (χ2n) is 9.08. The van der Waals surface area contributed by atoms with E-state index in [1.54, 1.807) is 41.5 Å². The number of esters is 2. The molecule has 0 aliphatic carbocycles. The van der Waals surface area contributed by atoms with Crippen LogP contribution in [-0.4, -0.2) is 58.2 Å². The van der Waals surface area contributed by atoms with Crippen LogP contribution in [-0.2, 0) is 23.8 Å². The van der Waals surface area contributed by atoms with Crippen molar-refractivity contribution in [2.45, 2.75) is 90.2 Å². The zero-order chi connectivity index (χ0) is 20.6. The molecule has 1 unspecified atom stereocenters. The van der Waals surface area contributed by atoms with Crippen molar-refractivity contribution < 1.29 is 28.6 Å². The summed E-state index contributed by atoms with van der Waals surface area (Å²) in [5.41, 5.74) is -1.43. The van der Waals surface area contributed by atoms with Crippen molar-refractivity contribution in [2.75, 3.05) is 5.88 Å². The molecule has 1 amide bonds. The first-order valence-electron chi connectivity index (χ1n) is 9.34. The largest absolute Gasteiger partial charge is 0.460 e. The lowest BCUT2D eigenvalue weighted by Gasteiger charge is -2.34. The second-order valence-corrected chi connectivity index (χ2v) is 9.45. The van der Waals surface area contributed by atoms with E-state index in [2.05, 4.69) is 0 Å². The Labute approximate surface area is 165 Å². The minimum atomic E-state index is -0.875. The molecule has 4 atom stereocenters. The van der Waals surface area contributed by atoms with Gasteiger partial charge in [0.15, 0.2) is 0 Å². The van der Waals surface area contributed by atoms with Crippen LogP contribution >= 0.6 is 11.6 Å². The van der Waals surface area contributed by atoms with E-state index < -0.39 is 47.4 Å². The number of amides is 1. The van der Waals surface area contributed by atoms with Crippen molar-refractivity contribution in [3.63, 3.8) is 0 Å². The molecule has 7 nitrogen and oxygen atoms in total. The first-order valence-corrected chi connectivity index (χ1v) is 9.88. The summed E-state index contributed by atoms with van der Waals surface area (Å²) in [5.74, 6) is -1.06. The van der Waals surface area contributed by atoms with Crippen molar-refractivity contribution in [1.82, 2.24) is 4.90 Å². The van der Waals surface area contributed by atoms with Gasteiger partial charge in [0.25, 0.3) is 0 Å². The molecule has 154 valence electrons. The number of ether oxygens (including phenoxy) is 3. The zero-order valence-corrected chi connectivity index (χ0v) is 17.7. The van der Waals surface area contributed by atoms with E-state index in [9.17, 15) is 14.4 Å². The standard InChI is InChI=1S/C19H30ClNO6/c1-18(2,3)26-16(23)12-10-11-14(13(8-7-9-20)25-15(11)22)21(12)17(24)27-19(4,5)6/h11-14H,7-10H2,1-6H3/t11?,12-,13-,14-/m0/s1. The zero-order valence-electron chi connectivity index (χ0n) is 16.9. The van der Waals surface area contributed by atoms with Crippen LogP contribution in [0.15, 0.2) is 0 Å². The summed E-state index contributed by atoms with van der Waals surface area (Å²) in [6.45, 7) is 10.5. The highest BCUT2D eigenvalue weighted by molar-refractivity contribution is 6.17. The van der Waals surface area contributed by atoms with Gasteiger partial charge in [0.2, 0.25) is 0 Å². The number of cyclic esters (lactones) is 1. The summed E-state index contributed by atoms with van der Waals surface area (Å²) in [7, 11) is 0. The molecule has 0 aromatic heterocycles. The molecule has 2 saturated heterocycles. The van der Waals surface area contributed by atoms with Crippen LogP contribution in [0.4, 0.5) is 4.79 Å². The van der Waals surface area contributed by atoms with Gasteiger partial charge >= 0.3 is 18.0 Å². The molecular formula is C19H30ClNO6. The number of hydrogen-bond donors (Lipinski definition) is 0. The third kappa shape index (κ3) is 5.27. The van der Waals surface area contributed by atoms with E-state index in [4.69, 9.17) is 25.8 Å². The molecule has 0 aromatic carbocycles. The molecule has 27 heavy (non-hydrogen) atoms. The summed E-state index contributed by atoms with van der Waals surface area (Å²) in [4.78, 5) is 39.4. The maximum atomic E-state index is 12.9. The SMILES string of the molecule is CC(C)(C)OC(=O)[C@@H]1CC2C(=O)O[C@@H](CCCCl)[C@H]2N1C(=O)OC(C)(C)C. The average Bonchev–Trinajstić information content (AvgIpc) is 3.00. The van der Waals surface area contributed by atoms with Gasteiger partial charge in [-0.3, -0.25) is 9.69 Å². The van der Waals surface area contributed by atoms with Gasteiger partial charge in [0, 0.05) is 5.88 Å². The van der Waals surface area contributed by atoms with Crippen LogP contribution in [0.1, 0.15) is 60.8 Å². The van der Waals surface area contributed by atoms with E-state index in [0.717, 1.165) is 0 Å². The number of nitrogens with zero attached hydrogens (tertiary/aromatic N) is 1. The highest BCUT2D eigenvalue weighted by atomic mass is 35.5. The first-order chi connectivity index (χ1) is 12.3. The fourth-order valence-electron chi connectivity index (χ4n) is 3.53. The maximum Gasteiger partial charge on any atom is 0.411 e. The molecule has 2 heterocycles. The summed E-state index contributed by atoms with van der Waals surface area (Å²) in [5, 5.41) is 0. The van der Waals surface area contributed by atoms with Crippen LogP contribution in [0.25, 0.3) is 0 Å². The van der Waals surface area contributed by atoms with Crippen LogP contribution < -0.4 is 0 Å². The van der Waals surface area contributed by atoms with Gasteiger partial charge in [-0.05, 0) is 60.8 Å². The number of rotatable bonds is 4. The van der Waals surface area contributed by atoms with Crippen LogP contribution in [0.2, 0.25) is 0 Å². The van der Waals surface area contributed by atoms with E-state index >= 15 is 0 Å². The molecule has 0 N–H and O–H groups in total. The van der Waals surface area contributed by atoms with Crippen LogP contribution in [0, 0.1) is 5.92 Å². The Morgan fingerprint density at radius 2 is 1.74 bits per heavy atom. The Bertz CT molecular complexity index is 594. The van der Waals surface area contributed by atoms with E-state index in [1.807, 2.05) is 0 Å². The average molecular weight is 404 g/mol. The monoisotopic (exact) mass is 403 g/mol. The number of fused-ring (bicyclic) bond motifs is 1. The third-order valence-corrected chi connectivity index (χ3v) is 4.67. The molecule has 2 aliphatic heterocycles. The van der Waals surface area contributed by atoms with Crippen molar-refractivity contribution in [3.8, 4) is 0 Å². The maximum absolute atomic E-state index is 12.9. The summed E-state index contributed by atoms with van der Waals surface area (Å²) in [6.07, 6.45) is 0.203. The molecule has 0 bridgehead atoms. The summed E-state index contributed by atoms with van der Waals surface area (Å²) >= 11 is 5.78. The van der Waals surface area contributed by atoms with Gasteiger partial charge in [-0.1, -0.05) is 0 Å². The number of likely N-dealkylation sites (tertiary alicyclic amines) is 1. The number of carbonyl (C=O) groups excluding carboxylic acids is 3. The van der Waals surface area contributed by atoms with Crippen molar-refractivity contribution >= 4 is 29.6 Å².